The zero-order valence-corrected chi connectivity index (χ0v) is 15.8. The van der Waals surface area contributed by atoms with Crippen LogP contribution in [0.4, 0.5) is 5.69 Å². The highest BCUT2D eigenvalue weighted by molar-refractivity contribution is 5.95. The number of benzene rings is 2. The van der Waals surface area contributed by atoms with E-state index < -0.39 is 5.92 Å². The largest absolute Gasteiger partial charge is 0.497 e. The molecule has 0 saturated carbocycles. The van der Waals surface area contributed by atoms with E-state index >= 15 is 0 Å². The van der Waals surface area contributed by atoms with Gasteiger partial charge in [-0.25, -0.2) is 0 Å². The number of aromatic nitrogens is 4. The van der Waals surface area contributed by atoms with Crippen LogP contribution in [0.25, 0.3) is 0 Å². The van der Waals surface area contributed by atoms with Crippen LogP contribution in [0.3, 0.4) is 0 Å². The van der Waals surface area contributed by atoms with Gasteiger partial charge in [-0.2, -0.15) is 5.21 Å². The number of carbonyl (C=O) groups excluding carboxylic acids is 1. The van der Waals surface area contributed by atoms with Crippen LogP contribution in [-0.2, 0) is 11.2 Å². The number of nitrogens with zero attached hydrogens (tertiary/aromatic N) is 3. The summed E-state index contributed by atoms with van der Waals surface area (Å²) in [4.78, 5) is 13.0. The Bertz CT molecular complexity index is 930. The van der Waals surface area contributed by atoms with Crippen LogP contribution in [0.5, 0.6) is 17.2 Å². The molecule has 1 unspecified atom stereocenters. The number of tetrazole rings is 1. The molecule has 1 aromatic heterocycles. The van der Waals surface area contributed by atoms with Crippen molar-refractivity contribution >= 4 is 11.6 Å². The minimum absolute atomic E-state index is 0.267. The van der Waals surface area contributed by atoms with Gasteiger partial charge < -0.3 is 19.5 Å². The van der Waals surface area contributed by atoms with Crippen molar-refractivity contribution in [2.24, 2.45) is 0 Å². The molecule has 0 aliphatic rings. The highest BCUT2D eigenvalue weighted by atomic mass is 16.5. The van der Waals surface area contributed by atoms with Crippen LogP contribution in [0.2, 0.25) is 0 Å². The van der Waals surface area contributed by atoms with Gasteiger partial charge in [0.2, 0.25) is 5.91 Å². The SMILES string of the molecule is COc1cccc(CC(C(=O)Nc2ccc(OC)c(OC)c2)c2nn[nH]n2)c1. The first-order valence-corrected chi connectivity index (χ1v) is 8.53. The number of carbonyl (C=O) groups is 1. The molecule has 1 heterocycles. The van der Waals surface area contributed by atoms with Crippen molar-refractivity contribution in [3.8, 4) is 17.2 Å². The first kappa shape index (κ1) is 19.2. The van der Waals surface area contributed by atoms with Gasteiger partial charge in [0, 0.05) is 11.8 Å². The number of amides is 1. The number of methoxy groups -OCH3 is 3. The van der Waals surface area contributed by atoms with E-state index in [0.717, 1.165) is 5.56 Å². The molecule has 1 amide bonds. The summed E-state index contributed by atoms with van der Waals surface area (Å²) < 4.78 is 15.8. The molecule has 0 fully saturated rings. The molecular weight excluding hydrogens is 362 g/mol. The quantitative estimate of drug-likeness (QED) is 0.613. The maximum absolute atomic E-state index is 13.0. The maximum Gasteiger partial charge on any atom is 0.235 e. The predicted octanol–water partition coefficient (Wildman–Crippen LogP) is 2.19. The smallest absolute Gasteiger partial charge is 0.235 e. The Morgan fingerprint density at radius 3 is 2.57 bits per heavy atom. The number of anilines is 1. The Morgan fingerprint density at radius 2 is 1.89 bits per heavy atom. The lowest BCUT2D eigenvalue weighted by Crippen LogP contribution is -2.24. The molecule has 0 saturated heterocycles. The molecule has 0 aliphatic carbocycles. The van der Waals surface area contributed by atoms with Crippen molar-refractivity contribution < 1.29 is 19.0 Å². The van der Waals surface area contributed by atoms with E-state index in [9.17, 15) is 4.79 Å². The fourth-order valence-corrected chi connectivity index (χ4v) is 2.80. The van der Waals surface area contributed by atoms with Crippen LogP contribution in [-0.4, -0.2) is 47.9 Å². The van der Waals surface area contributed by atoms with Crippen LogP contribution >= 0.6 is 0 Å². The molecule has 0 radical (unpaired) electrons. The van der Waals surface area contributed by atoms with E-state index in [1.54, 1.807) is 32.4 Å². The van der Waals surface area contributed by atoms with Gasteiger partial charge >= 0.3 is 0 Å². The molecule has 28 heavy (non-hydrogen) atoms. The van der Waals surface area contributed by atoms with Gasteiger partial charge in [-0.05, 0) is 36.2 Å². The number of hydrogen-bond donors (Lipinski definition) is 2. The highest BCUT2D eigenvalue weighted by Crippen LogP contribution is 2.30. The van der Waals surface area contributed by atoms with Gasteiger partial charge in [0.05, 0.1) is 21.3 Å². The van der Waals surface area contributed by atoms with Crippen LogP contribution < -0.4 is 19.5 Å². The second kappa shape index (κ2) is 8.85. The molecule has 0 aliphatic heterocycles. The van der Waals surface area contributed by atoms with Crippen molar-refractivity contribution in [2.45, 2.75) is 12.3 Å². The first-order valence-electron chi connectivity index (χ1n) is 8.53. The molecule has 2 aromatic carbocycles. The lowest BCUT2D eigenvalue weighted by atomic mass is 9.97. The normalized spacial score (nSPS) is 11.5. The monoisotopic (exact) mass is 383 g/mol. The van der Waals surface area contributed by atoms with Crippen molar-refractivity contribution in [1.29, 1.82) is 0 Å². The summed E-state index contributed by atoms with van der Waals surface area (Å²) >= 11 is 0. The summed E-state index contributed by atoms with van der Waals surface area (Å²) in [6.07, 6.45) is 0.385. The number of nitrogens with one attached hydrogen (secondary N) is 2. The van der Waals surface area contributed by atoms with Gasteiger partial charge in [0.15, 0.2) is 17.3 Å². The van der Waals surface area contributed by atoms with Crippen molar-refractivity contribution in [3.05, 3.63) is 53.9 Å². The van der Waals surface area contributed by atoms with Crippen molar-refractivity contribution in [1.82, 2.24) is 20.6 Å². The number of ether oxygens (including phenoxy) is 3. The minimum Gasteiger partial charge on any atom is -0.497 e. The van der Waals surface area contributed by atoms with Crippen molar-refractivity contribution in [3.63, 3.8) is 0 Å². The Kier molecular flexibility index (Phi) is 6.05. The summed E-state index contributed by atoms with van der Waals surface area (Å²) in [6, 6.07) is 12.6. The zero-order valence-electron chi connectivity index (χ0n) is 15.8. The van der Waals surface area contributed by atoms with Gasteiger partial charge in [0.25, 0.3) is 0 Å². The standard InChI is InChI=1S/C19H21N5O4/c1-26-14-6-4-5-12(9-14)10-15(18-21-23-24-22-18)19(25)20-13-7-8-16(27-2)17(11-13)28-3/h4-9,11,15H,10H2,1-3H3,(H,20,25)(H,21,22,23,24). The van der Waals surface area contributed by atoms with Gasteiger partial charge in [-0.1, -0.05) is 17.3 Å². The third kappa shape index (κ3) is 4.37. The van der Waals surface area contributed by atoms with Crippen LogP contribution in [0, 0.1) is 0 Å². The molecule has 146 valence electrons. The van der Waals surface area contributed by atoms with E-state index in [4.69, 9.17) is 14.2 Å². The average Bonchev–Trinajstić information content (AvgIpc) is 3.26. The second-order valence-corrected chi connectivity index (χ2v) is 5.94. The summed E-state index contributed by atoms with van der Waals surface area (Å²) in [7, 11) is 4.68. The molecule has 2 N–H and O–H groups in total. The summed E-state index contributed by atoms with van der Waals surface area (Å²) in [5.74, 6) is 1.21. The highest BCUT2D eigenvalue weighted by Gasteiger charge is 2.26. The van der Waals surface area contributed by atoms with Gasteiger partial charge in [-0.3, -0.25) is 4.79 Å². The third-order valence-corrected chi connectivity index (χ3v) is 4.21. The molecule has 3 rings (SSSR count). The van der Waals surface area contributed by atoms with E-state index in [1.807, 2.05) is 24.3 Å². The number of aromatic amines is 1. The molecule has 3 aromatic rings. The Labute approximate surface area is 162 Å². The number of H-pyrrole nitrogens is 1. The van der Waals surface area contributed by atoms with E-state index in [0.29, 0.717) is 35.2 Å². The first-order chi connectivity index (χ1) is 13.6. The molecular formula is C19H21N5O4. The topological polar surface area (TPSA) is 111 Å². The molecule has 0 spiro atoms. The fraction of sp³-hybridized carbons (Fsp3) is 0.263. The summed E-state index contributed by atoms with van der Waals surface area (Å²) in [5.41, 5.74) is 1.48. The minimum atomic E-state index is -0.640. The Morgan fingerprint density at radius 1 is 1.07 bits per heavy atom. The molecule has 1 atom stereocenters. The van der Waals surface area contributed by atoms with E-state index in [2.05, 4.69) is 25.9 Å². The Hall–Kier alpha value is -3.62. The van der Waals surface area contributed by atoms with E-state index in [-0.39, 0.29) is 5.91 Å². The van der Waals surface area contributed by atoms with Gasteiger partial charge in [-0.15, -0.1) is 10.2 Å². The van der Waals surface area contributed by atoms with Crippen LogP contribution in [0.15, 0.2) is 42.5 Å². The van der Waals surface area contributed by atoms with Crippen molar-refractivity contribution in [2.75, 3.05) is 26.6 Å². The summed E-state index contributed by atoms with van der Waals surface area (Å²) in [5, 5.41) is 16.8. The lowest BCUT2D eigenvalue weighted by Gasteiger charge is -2.15. The average molecular weight is 383 g/mol. The molecule has 9 nitrogen and oxygen atoms in total. The van der Waals surface area contributed by atoms with E-state index in [1.165, 1.54) is 7.11 Å². The maximum atomic E-state index is 13.0. The number of rotatable bonds is 8. The zero-order chi connectivity index (χ0) is 19.9. The molecule has 0 bridgehead atoms. The molecule has 9 heteroatoms. The summed E-state index contributed by atoms with van der Waals surface area (Å²) in [6.45, 7) is 0. The third-order valence-electron chi connectivity index (χ3n) is 4.21. The second-order valence-electron chi connectivity index (χ2n) is 5.94. The van der Waals surface area contributed by atoms with Gasteiger partial charge in [0.1, 0.15) is 11.7 Å². The predicted molar refractivity (Wildman–Crippen MR) is 102 cm³/mol. The Balaban J connectivity index is 1.83. The fourth-order valence-electron chi connectivity index (χ4n) is 2.80. The lowest BCUT2D eigenvalue weighted by molar-refractivity contribution is -0.117. The van der Waals surface area contributed by atoms with Crippen LogP contribution in [0.1, 0.15) is 17.3 Å². The number of hydrogen-bond acceptors (Lipinski definition) is 7.